The standard InChI is InChI=1S/C15H18N2O/c1-17-14(15(10-16)6-2-7-15)12-3-4-13-11(9-12)5-8-18-13/h3-4,9,14,17H,2,5-8H2,1H3. The average Bonchev–Trinajstić information content (AvgIpc) is 2.80. The Morgan fingerprint density at radius 2 is 2.28 bits per heavy atom. The van der Waals surface area contributed by atoms with Crippen LogP contribution in [0.4, 0.5) is 0 Å². The van der Waals surface area contributed by atoms with Crippen LogP contribution in [0.5, 0.6) is 5.75 Å². The van der Waals surface area contributed by atoms with Crippen LogP contribution in [-0.2, 0) is 6.42 Å². The second kappa shape index (κ2) is 4.29. The number of nitrogens with one attached hydrogen (secondary N) is 1. The molecular formula is C15H18N2O. The molecule has 0 spiro atoms. The smallest absolute Gasteiger partial charge is 0.122 e. The Kier molecular flexibility index (Phi) is 2.76. The normalized spacial score (nSPS) is 21.3. The van der Waals surface area contributed by atoms with Crippen LogP contribution >= 0.6 is 0 Å². The minimum absolute atomic E-state index is 0.141. The lowest BCUT2D eigenvalue weighted by Crippen LogP contribution is -2.40. The van der Waals surface area contributed by atoms with Crippen molar-refractivity contribution in [2.24, 2.45) is 5.41 Å². The van der Waals surface area contributed by atoms with Crippen LogP contribution < -0.4 is 10.1 Å². The fraction of sp³-hybridized carbons (Fsp3) is 0.533. The van der Waals surface area contributed by atoms with E-state index < -0.39 is 0 Å². The molecule has 18 heavy (non-hydrogen) atoms. The number of ether oxygens (including phenoxy) is 1. The van der Waals surface area contributed by atoms with Crippen molar-refractivity contribution in [1.82, 2.24) is 5.32 Å². The maximum absolute atomic E-state index is 9.48. The molecule has 0 radical (unpaired) electrons. The van der Waals surface area contributed by atoms with E-state index >= 15 is 0 Å². The summed E-state index contributed by atoms with van der Waals surface area (Å²) in [5.74, 6) is 1.01. The summed E-state index contributed by atoms with van der Waals surface area (Å²) in [4.78, 5) is 0. The van der Waals surface area contributed by atoms with Gasteiger partial charge in [0.2, 0.25) is 0 Å². The number of nitrogens with zero attached hydrogens (tertiary/aromatic N) is 1. The maximum Gasteiger partial charge on any atom is 0.122 e. The second-order valence-corrected chi connectivity index (χ2v) is 5.31. The van der Waals surface area contributed by atoms with E-state index in [0.717, 1.165) is 31.6 Å². The van der Waals surface area contributed by atoms with E-state index in [1.54, 1.807) is 0 Å². The van der Waals surface area contributed by atoms with E-state index in [4.69, 9.17) is 4.74 Å². The van der Waals surface area contributed by atoms with Gasteiger partial charge in [-0.25, -0.2) is 0 Å². The van der Waals surface area contributed by atoms with Gasteiger partial charge in [-0.3, -0.25) is 0 Å². The van der Waals surface area contributed by atoms with Gasteiger partial charge >= 0.3 is 0 Å². The number of nitriles is 1. The molecule has 0 saturated heterocycles. The van der Waals surface area contributed by atoms with Gasteiger partial charge in [-0.2, -0.15) is 5.26 Å². The monoisotopic (exact) mass is 242 g/mol. The van der Waals surface area contributed by atoms with Gasteiger partial charge in [-0.15, -0.1) is 0 Å². The molecule has 1 aromatic carbocycles. The van der Waals surface area contributed by atoms with E-state index in [0.29, 0.717) is 0 Å². The van der Waals surface area contributed by atoms with Crippen LogP contribution in [0.1, 0.15) is 36.4 Å². The van der Waals surface area contributed by atoms with E-state index in [2.05, 4.69) is 23.5 Å². The predicted molar refractivity (Wildman–Crippen MR) is 69.3 cm³/mol. The molecular weight excluding hydrogens is 224 g/mol. The first-order chi connectivity index (χ1) is 8.79. The van der Waals surface area contributed by atoms with E-state index in [1.807, 2.05) is 13.1 Å². The quantitative estimate of drug-likeness (QED) is 0.886. The van der Waals surface area contributed by atoms with E-state index in [1.165, 1.54) is 17.5 Å². The van der Waals surface area contributed by atoms with Crippen LogP contribution in [-0.4, -0.2) is 13.7 Å². The largest absolute Gasteiger partial charge is 0.493 e. The zero-order chi connectivity index (χ0) is 12.6. The van der Waals surface area contributed by atoms with Crippen molar-refractivity contribution >= 4 is 0 Å². The summed E-state index contributed by atoms with van der Waals surface area (Å²) in [6.07, 6.45) is 4.16. The first-order valence-corrected chi connectivity index (χ1v) is 6.63. The Bertz CT molecular complexity index is 500. The second-order valence-electron chi connectivity index (χ2n) is 5.31. The summed E-state index contributed by atoms with van der Waals surface area (Å²) >= 11 is 0. The summed E-state index contributed by atoms with van der Waals surface area (Å²) in [6.45, 7) is 0.784. The van der Waals surface area contributed by atoms with Crippen LogP contribution in [0.2, 0.25) is 0 Å². The van der Waals surface area contributed by atoms with Gasteiger partial charge < -0.3 is 10.1 Å². The third-order valence-corrected chi connectivity index (χ3v) is 4.36. The highest BCUT2D eigenvalue weighted by Crippen LogP contribution is 2.50. The molecule has 1 atom stereocenters. The first-order valence-electron chi connectivity index (χ1n) is 6.63. The van der Waals surface area contributed by atoms with Gasteiger partial charge in [-0.05, 0) is 37.1 Å². The van der Waals surface area contributed by atoms with Gasteiger partial charge in [0, 0.05) is 6.42 Å². The number of hydrogen-bond donors (Lipinski definition) is 1. The minimum atomic E-state index is -0.206. The summed E-state index contributed by atoms with van der Waals surface area (Å²) in [7, 11) is 1.95. The lowest BCUT2D eigenvalue weighted by Gasteiger charge is -2.42. The third-order valence-electron chi connectivity index (χ3n) is 4.36. The molecule has 0 aromatic heterocycles. The van der Waals surface area contributed by atoms with Crippen LogP contribution in [0, 0.1) is 16.7 Å². The Balaban J connectivity index is 1.95. The van der Waals surface area contributed by atoms with Crippen molar-refractivity contribution in [3.05, 3.63) is 29.3 Å². The van der Waals surface area contributed by atoms with Crippen LogP contribution in [0.25, 0.3) is 0 Å². The number of hydrogen-bond acceptors (Lipinski definition) is 3. The Labute approximate surface area is 108 Å². The Morgan fingerprint density at radius 3 is 2.89 bits per heavy atom. The fourth-order valence-corrected chi connectivity index (χ4v) is 3.17. The molecule has 1 N–H and O–H groups in total. The van der Waals surface area contributed by atoms with Crippen molar-refractivity contribution < 1.29 is 4.74 Å². The molecule has 1 heterocycles. The summed E-state index contributed by atoms with van der Waals surface area (Å²) in [6, 6.07) is 9.04. The molecule has 0 amide bonds. The van der Waals surface area contributed by atoms with Gasteiger partial charge in [0.05, 0.1) is 24.1 Å². The Hall–Kier alpha value is -1.53. The van der Waals surface area contributed by atoms with Crippen molar-refractivity contribution in [3.8, 4) is 11.8 Å². The lowest BCUT2D eigenvalue weighted by atomic mass is 9.63. The predicted octanol–water partition coefficient (Wildman–Crippen LogP) is 2.58. The van der Waals surface area contributed by atoms with Crippen molar-refractivity contribution in [2.75, 3.05) is 13.7 Å². The molecule has 3 heteroatoms. The fourth-order valence-electron chi connectivity index (χ4n) is 3.17. The average molecular weight is 242 g/mol. The Morgan fingerprint density at radius 1 is 1.44 bits per heavy atom. The molecule has 1 saturated carbocycles. The summed E-state index contributed by atoms with van der Waals surface area (Å²) in [5, 5.41) is 12.8. The minimum Gasteiger partial charge on any atom is -0.493 e. The molecule has 3 rings (SSSR count). The molecule has 1 aromatic rings. The molecule has 2 aliphatic rings. The molecule has 1 aliphatic heterocycles. The SMILES string of the molecule is CNC(c1ccc2c(c1)CCO2)C1(C#N)CCC1. The van der Waals surface area contributed by atoms with Crippen molar-refractivity contribution in [2.45, 2.75) is 31.7 Å². The van der Waals surface area contributed by atoms with Gasteiger partial charge in [0.1, 0.15) is 5.75 Å². The number of fused-ring (bicyclic) bond motifs is 1. The van der Waals surface area contributed by atoms with Gasteiger partial charge in [0.15, 0.2) is 0 Å². The van der Waals surface area contributed by atoms with Gasteiger partial charge in [0.25, 0.3) is 0 Å². The van der Waals surface area contributed by atoms with Crippen molar-refractivity contribution in [1.29, 1.82) is 5.26 Å². The lowest BCUT2D eigenvalue weighted by molar-refractivity contribution is 0.149. The molecule has 0 bridgehead atoms. The maximum atomic E-state index is 9.48. The highest BCUT2D eigenvalue weighted by Gasteiger charge is 2.44. The topological polar surface area (TPSA) is 45.0 Å². The molecule has 1 aliphatic carbocycles. The highest BCUT2D eigenvalue weighted by atomic mass is 16.5. The summed E-state index contributed by atoms with van der Waals surface area (Å²) < 4.78 is 5.53. The van der Waals surface area contributed by atoms with Gasteiger partial charge in [-0.1, -0.05) is 18.6 Å². The number of rotatable bonds is 3. The zero-order valence-electron chi connectivity index (χ0n) is 10.7. The van der Waals surface area contributed by atoms with E-state index in [-0.39, 0.29) is 11.5 Å². The van der Waals surface area contributed by atoms with Crippen molar-refractivity contribution in [3.63, 3.8) is 0 Å². The molecule has 1 unspecified atom stereocenters. The summed E-state index contributed by atoms with van der Waals surface area (Å²) in [5.41, 5.74) is 2.30. The molecule has 3 nitrogen and oxygen atoms in total. The molecule has 1 fully saturated rings. The first kappa shape index (κ1) is 11.6. The van der Waals surface area contributed by atoms with E-state index in [9.17, 15) is 5.26 Å². The zero-order valence-corrected chi connectivity index (χ0v) is 10.7. The van der Waals surface area contributed by atoms with Crippen LogP contribution in [0.3, 0.4) is 0 Å². The molecule has 94 valence electrons. The highest BCUT2D eigenvalue weighted by molar-refractivity contribution is 5.42. The third kappa shape index (κ3) is 1.60. The van der Waals surface area contributed by atoms with Crippen LogP contribution in [0.15, 0.2) is 18.2 Å². The number of benzene rings is 1.